The van der Waals surface area contributed by atoms with Gasteiger partial charge in [-0.05, 0) is 36.5 Å². The lowest BCUT2D eigenvalue weighted by molar-refractivity contribution is 0.414. The van der Waals surface area contributed by atoms with Crippen LogP contribution >= 0.6 is 11.6 Å². The van der Waals surface area contributed by atoms with Crippen LogP contribution in [0.25, 0.3) is 0 Å². The number of rotatable bonds is 5. The molecule has 19 heavy (non-hydrogen) atoms. The lowest BCUT2D eigenvalue weighted by Gasteiger charge is -2.17. The number of halogens is 1. The van der Waals surface area contributed by atoms with E-state index in [1.54, 1.807) is 13.0 Å². The molecule has 0 saturated carbocycles. The molecule has 0 amide bonds. The Morgan fingerprint density at radius 2 is 1.89 bits per heavy atom. The van der Waals surface area contributed by atoms with Crippen molar-refractivity contribution in [1.82, 2.24) is 4.72 Å². The maximum atomic E-state index is 12.2. The number of nitrogen functional groups attached to an aromatic ring is 1. The number of nitrogens with two attached hydrogens (primary N) is 1. The first-order chi connectivity index (χ1) is 8.65. The summed E-state index contributed by atoms with van der Waals surface area (Å²) in [7, 11) is -3.62. The van der Waals surface area contributed by atoms with E-state index in [9.17, 15) is 8.42 Å². The van der Waals surface area contributed by atoms with Gasteiger partial charge in [0.25, 0.3) is 0 Å². The molecule has 1 unspecified atom stereocenters. The summed E-state index contributed by atoms with van der Waals surface area (Å²) in [6, 6.07) is 2.97. The van der Waals surface area contributed by atoms with Gasteiger partial charge in [-0.3, -0.25) is 0 Å². The molecule has 4 nitrogen and oxygen atoms in total. The minimum atomic E-state index is -3.62. The lowest BCUT2D eigenvalue weighted by atomic mass is 9.99. The summed E-state index contributed by atoms with van der Waals surface area (Å²) in [6.45, 7) is 8.26. The van der Waals surface area contributed by atoms with Crippen molar-refractivity contribution in [3.05, 3.63) is 22.7 Å². The van der Waals surface area contributed by atoms with Crippen LogP contribution in [0, 0.1) is 18.8 Å². The molecule has 0 radical (unpaired) electrons. The van der Waals surface area contributed by atoms with Crippen LogP contribution in [0.15, 0.2) is 17.0 Å². The topological polar surface area (TPSA) is 72.2 Å². The first-order valence-electron chi connectivity index (χ1n) is 6.20. The van der Waals surface area contributed by atoms with Crippen molar-refractivity contribution in [2.75, 3.05) is 12.3 Å². The lowest BCUT2D eigenvalue weighted by Crippen LogP contribution is -2.30. The zero-order chi connectivity index (χ0) is 14.8. The van der Waals surface area contributed by atoms with Gasteiger partial charge < -0.3 is 5.73 Å². The van der Waals surface area contributed by atoms with E-state index >= 15 is 0 Å². The third kappa shape index (κ3) is 4.09. The minimum absolute atomic E-state index is 0.0354. The highest BCUT2D eigenvalue weighted by molar-refractivity contribution is 7.89. The fourth-order valence-electron chi connectivity index (χ4n) is 1.43. The molecule has 3 N–H and O–H groups in total. The average molecular weight is 305 g/mol. The van der Waals surface area contributed by atoms with Crippen LogP contribution in [0.1, 0.15) is 26.3 Å². The molecular weight excluding hydrogens is 284 g/mol. The number of anilines is 1. The fraction of sp³-hybridized carbons (Fsp3) is 0.538. The summed E-state index contributed by atoms with van der Waals surface area (Å²) >= 11 is 5.99. The first-order valence-corrected chi connectivity index (χ1v) is 8.06. The summed E-state index contributed by atoms with van der Waals surface area (Å²) in [5.74, 6) is 0.651. The van der Waals surface area contributed by atoms with Crippen molar-refractivity contribution >= 4 is 27.3 Å². The maximum Gasteiger partial charge on any atom is 0.242 e. The molecule has 1 atom stereocenters. The molecule has 0 aromatic heterocycles. The van der Waals surface area contributed by atoms with Crippen LogP contribution in [-0.4, -0.2) is 15.0 Å². The molecule has 1 aromatic rings. The number of hydrogen-bond acceptors (Lipinski definition) is 3. The molecular formula is C13H21ClN2O2S. The molecule has 0 aliphatic rings. The molecule has 0 spiro atoms. The summed E-state index contributed by atoms with van der Waals surface area (Å²) in [6.07, 6.45) is 0. The van der Waals surface area contributed by atoms with E-state index in [2.05, 4.69) is 18.6 Å². The number of aryl methyl sites for hydroxylation is 1. The van der Waals surface area contributed by atoms with Crippen molar-refractivity contribution < 1.29 is 8.42 Å². The van der Waals surface area contributed by atoms with Crippen LogP contribution in [0.2, 0.25) is 5.02 Å². The molecule has 1 rings (SSSR count). The zero-order valence-corrected chi connectivity index (χ0v) is 13.3. The van der Waals surface area contributed by atoms with Crippen molar-refractivity contribution in [3.8, 4) is 0 Å². The quantitative estimate of drug-likeness (QED) is 0.822. The predicted octanol–water partition coefficient (Wildman–Crippen LogP) is 2.80. The second kappa shape index (κ2) is 6.11. The summed E-state index contributed by atoms with van der Waals surface area (Å²) in [5, 5.41) is 0.191. The Bertz CT molecular complexity index is 556. The van der Waals surface area contributed by atoms with E-state index in [0.29, 0.717) is 18.2 Å². The number of nitrogens with one attached hydrogen (secondary N) is 1. The molecule has 6 heteroatoms. The van der Waals surface area contributed by atoms with E-state index in [-0.39, 0.29) is 15.8 Å². The Hall–Kier alpha value is -0.780. The number of sulfonamides is 1. The minimum Gasteiger partial charge on any atom is -0.398 e. The Kier molecular flexibility index (Phi) is 5.24. The van der Waals surface area contributed by atoms with Crippen molar-refractivity contribution in [2.45, 2.75) is 32.6 Å². The van der Waals surface area contributed by atoms with E-state index in [1.807, 2.05) is 6.92 Å². The maximum absolute atomic E-state index is 12.2. The second-order valence-electron chi connectivity index (χ2n) is 5.21. The highest BCUT2D eigenvalue weighted by Gasteiger charge is 2.20. The predicted molar refractivity (Wildman–Crippen MR) is 79.8 cm³/mol. The fourth-order valence-corrected chi connectivity index (χ4v) is 3.19. The van der Waals surface area contributed by atoms with Crippen LogP contribution in [-0.2, 0) is 10.0 Å². The van der Waals surface area contributed by atoms with E-state index in [4.69, 9.17) is 17.3 Å². The average Bonchev–Trinajstić information content (AvgIpc) is 2.30. The molecule has 108 valence electrons. The molecule has 1 aromatic carbocycles. The second-order valence-corrected chi connectivity index (χ2v) is 7.35. The summed E-state index contributed by atoms with van der Waals surface area (Å²) in [4.78, 5) is 0.0354. The van der Waals surface area contributed by atoms with E-state index < -0.39 is 10.0 Å². The highest BCUT2D eigenvalue weighted by Crippen LogP contribution is 2.26. The van der Waals surface area contributed by atoms with Gasteiger partial charge in [0, 0.05) is 12.2 Å². The molecule has 0 aliphatic heterocycles. The third-order valence-corrected chi connectivity index (χ3v) is 5.23. The highest BCUT2D eigenvalue weighted by atomic mass is 35.5. The van der Waals surface area contributed by atoms with Gasteiger partial charge in [-0.25, -0.2) is 13.1 Å². The normalized spacial score (nSPS) is 13.8. The molecule has 0 heterocycles. The largest absolute Gasteiger partial charge is 0.398 e. The standard InChI is InChI=1S/C13H21ClN2O2S/c1-8(2)10(4)7-16-19(17,18)13-6-12(15)9(3)5-11(13)14/h5-6,8,10,16H,7,15H2,1-4H3. The Labute approximate surface area is 120 Å². The van der Waals surface area contributed by atoms with Crippen LogP contribution in [0.5, 0.6) is 0 Å². The monoisotopic (exact) mass is 304 g/mol. The number of benzene rings is 1. The Morgan fingerprint density at radius 3 is 2.42 bits per heavy atom. The van der Waals surface area contributed by atoms with Crippen LogP contribution < -0.4 is 10.5 Å². The van der Waals surface area contributed by atoms with Gasteiger partial charge in [0.15, 0.2) is 0 Å². The molecule has 0 saturated heterocycles. The van der Waals surface area contributed by atoms with Gasteiger partial charge in [0.05, 0.1) is 5.02 Å². The molecule has 0 bridgehead atoms. The zero-order valence-electron chi connectivity index (χ0n) is 11.7. The van der Waals surface area contributed by atoms with E-state index in [1.165, 1.54) is 6.07 Å². The summed E-state index contributed by atoms with van der Waals surface area (Å²) in [5.41, 5.74) is 6.92. The summed E-state index contributed by atoms with van der Waals surface area (Å²) < 4.78 is 27.0. The number of hydrogen-bond donors (Lipinski definition) is 2. The van der Waals surface area contributed by atoms with Gasteiger partial charge in [0.2, 0.25) is 10.0 Å². The van der Waals surface area contributed by atoms with Gasteiger partial charge >= 0.3 is 0 Å². The van der Waals surface area contributed by atoms with Gasteiger partial charge in [-0.1, -0.05) is 32.4 Å². The molecule has 0 aliphatic carbocycles. The van der Waals surface area contributed by atoms with E-state index in [0.717, 1.165) is 5.56 Å². The third-order valence-electron chi connectivity index (χ3n) is 3.34. The Balaban J connectivity index is 2.98. The molecule has 0 fully saturated rings. The van der Waals surface area contributed by atoms with Crippen LogP contribution in [0.3, 0.4) is 0 Å². The van der Waals surface area contributed by atoms with Crippen molar-refractivity contribution in [1.29, 1.82) is 0 Å². The van der Waals surface area contributed by atoms with Gasteiger partial charge in [-0.2, -0.15) is 0 Å². The van der Waals surface area contributed by atoms with Crippen LogP contribution in [0.4, 0.5) is 5.69 Å². The van der Waals surface area contributed by atoms with Gasteiger partial charge in [-0.15, -0.1) is 0 Å². The van der Waals surface area contributed by atoms with Gasteiger partial charge in [0.1, 0.15) is 4.90 Å². The smallest absolute Gasteiger partial charge is 0.242 e. The van der Waals surface area contributed by atoms with Crippen molar-refractivity contribution in [3.63, 3.8) is 0 Å². The first kappa shape index (κ1) is 16.3. The Morgan fingerprint density at radius 1 is 1.32 bits per heavy atom. The SMILES string of the molecule is Cc1cc(Cl)c(S(=O)(=O)NCC(C)C(C)C)cc1N. The van der Waals surface area contributed by atoms with Crippen molar-refractivity contribution in [2.24, 2.45) is 11.8 Å².